The quantitative estimate of drug-likeness (QED) is 0.701. The van der Waals surface area contributed by atoms with Crippen LogP contribution < -0.4 is 14.8 Å². The predicted octanol–water partition coefficient (Wildman–Crippen LogP) is 4.65. The second kappa shape index (κ2) is 8.55. The van der Waals surface area contributed by atoms with Gasteiger partial charge in [-0.1, -0.05) is 40.7 Å². The molecule has 24 heavy (non-hydrogen) atoms. The van der Waals surface area contributed by atoms with Crippen molar-refractivity contribution in [3.8, 4) is 11.5 Å². The van der Waals surface area contributed by atoms with Gasteiger partial charge < -0.3 is 14.8 Å². The Labute approximate surface area is 150 Å². The van der Waals surface area contributed by atoms with Crippen molar-refractivity contribution in [3.63, 3.8) is 0 Å². The number of rotatable bonds is 7. The molecule has 4 nitrogen and oxygen atoms in total. The molecule has 0 spiro atoms. The number of carbonyl (C=O) groups excluding carboxylic acids is 1. The molecule has 0 aliphatic heterocycles. The second-order valence-electron chi connectivity index (χ2n) is 5.30. The fraction of sp³-hybridized carbons (Fsp3) is 0.211. The number of hydrogen-bond acceptors (Lipinski definition) is 3. The van der Waals surface area contributed by atoms with Gasteiger partial charge in [0.25, 0.3) is 5.91 Å². The van der Waals surface area contributed by atoms with Crippen LogP contribution in [0.2, 0.25) is 0 Å². The van der Waals surface area contributed by atoms with Gasteiger partial charge in [-0.15, -0.1) is 0 Å². The second-order valence-corrected chi connectivity index (χ2v) is 6.22. The molecular weight excluding hydrogens is 370 g/mol. The normalized spacial score (nSPS) is 10.1. The average Bonchev–Trinajstić information content (AvgIpc) is 2.53. The van der Waals surface area contributed by atoms with Gasteiger partial charge in [-0.25, -0.2) is 0 Å². The smallest absolute Gasteiger partial charge is 0.262 e. The molecule has 0 atom stereocenters. The first-order chi connectivity index (χ1) is 11.5. The summed E-state index contributed by atoms with van der Waals surface area (Å²) in [4.78, 5) is 12.2. The first kappa shape index (κ1) is 18.1. The number of para-hydroxylation sites is 2. The minimum absolute atomic E-state index is 0.0703. The van der Waals surface area contributed by atoms with Gasteiger partial charge in [0.2, 0.25) is 0 Å². The lowest BCUT2D eigenvalue weighted by Gasteiger charge is -2.14. The summed E-state index contributed by atoms with van der Waals surface area (Å²) in [5.74, 6) is 1.08. The molecule has 1 amide bonds. The van der Waals surface area contributed by atoms with E-state index in [9.17, 15) is 4.79 Å². The number of halogens is 1. The Balaban J connectivity index is 2.01. The van der Waals surface area contributed by atoms with Crippen LogP contribution in [0.3, 0.4) is 0 Å². The van der Waals surface area contributed by atoms with Gasteiger partial charge in [-0.05, 0) is 49.2 Å². The number of ether oxygens (including phenoxy) is 2. The Morgan fingerprint density at radius 3 is 2.54 bits per heavy atom. The molecule has 0 bridgehead atoms. The van der Waals surface area contributed by atoms with Gasteiger partial charge in [-0.2, -0.15) is 0 Å². The highest BCUT2D eigenvalue weighted by atomic mass is 79.9. The van der Waals surface area contributed by atoms with Crippen molar-refractivity contribution in [1.29, 1.82) is 0 Å². The summed E-state index contributed by atoms with van der Waals surface area (Å²) in [6, 6.07) is 11.2. The van der Waals surface area contributed by atoms with E-state index >= 15 is 0 Å². The third kappa shape index (κ3) is 4.86. The fourth-order valence-corrected chi connectivity index (χ4v) is 2.98. The fourth-order valence-electron chi connectivity index (χ4n) is 2.29. The molecule has 2 aromatic carbocycles. The van der Waals surface area contributed by atoms with Crippen molar-refractivity contribution in [2.45, 2.75) is 13.8 Å². The van der Waals surface area contributed by atoms with Gasteiger partial charge in [0.15, 0.2) is 6.61 Å². The summed E-state index contributed by atoms with van der Waals surface area (Å²) in [6.45, 7) is 7.82. The topological polar surface area (TPSA) is 47.6 Å². The lowest BCUT2D eigenvalue weighted by atomic mass is 10.1. The van der Waals surface area contributed by atoms with Gasteiger partial charge in [0, 0.05) is 4.47 Å². The maximum absolute atomic E-state index is 12.2. The molecule has 0 heterocycles. The van der Waals surface area contributed by atoms with Crippen molar-refractivity contribution < 1.29 is 14.3 Å². The first-order valence-corrected chi connectivity index (χ1v) is 8.32. The van der Waals surface area contributed by atoms with Crippen molar-refractivity contribution in [2.75, 3.05) is 18.5 Å². The first-order valence-electron chi connectivity index (χ1n) is 7.53. The predicted molar refractivity (Wildman–Crippen MR) is 99.9 cm³/mol. The molecule has 0 fully saturated rings. The van der Waals surface area contributed by atoms with Crippen molar-refractivity contribution in [1.82, 2.24) is 0 Å². The van der Waals surface area contributed by atoms with Crippen molar-refractivity contribution in [3.05, 3.63) is 64.7 Å². The Hall–Kier alpha value is -2.27. The van der Waals surface area contributed by atoms with Crippen LogP contribution in [0.25, 0.3) is 0 Å². The van der Waals surface area contributed by atoms with E-state index in [-0.39, 0.29) is 12.5 Å². The Kier molecular flexibility index (Phi) is 6.44. The monoisotopic (exact) mass is 389 g/mol. The molecule has 0 radical (unpaired) electrons. The molecule has 0 unspecified atom stereocenters. The van der Waals surface area contributed by atoms with Crippen LogP contribution >= 0.6 is 15.9 Å². The van der Waals surface area contributed by atoms with E-state index in [2.05, 4.69) is 27.8 Å². The van der Waals surface area contributed by atoms with Gasteiger partial charge in [-0.3, -0.25) is 4.79 Å². The Bertz CT molecular complexity index is 720. The standard InChI is InChI=1S/C19H20BrNO3/c1-4-9-23-17-8-6-5-7-16(17)21-18(22)12-24-19-13(2)10-15(20)11-14(19)3/h4-8,10-11H,1,9,12H2,2-3H3,(H,21,22). The van der Waals surface area contributed by atoms with Gasteiger partial charge in [0.05, 0.1) is 5.69 Å². The van der Waals surface area contributed by atoms with Crippen LogP contribution in [-0.4, -0.2) is 19.1 Å². The molecule has 2 rings (SSSR count). The molecular formula is C19H20BrNO3. The minimum atomic E-state index is -0.244. The highest BCUT2D eigenvalue weighted by molar-refractivity contribution is 9.10. The summed E-state index contributed by atoms with van der Waals surface area (Å²) in [5, 5.41) is 2.81. The third-order valence-corrected chi connectivity index (χ3v) is 3.75. The van der Waals surface area contributed by atoms with Crippen LogP contribution in [0, 0.1) is 13.8 Å². The molecule has 0 aliphatic rings. The average molecular weight is 390 g/mol. The lowest BCUT2D eigenvalue weighted by molar-refractivity contribution is -0.118. The maximum Gasteiger partial charge on any atom is 0.262 e. The van der Waals surface area contributed by atoms with Crippen LogP contribution in [0.15, 0.2) is 53.5 Å². The zero-order valence-electron chi connectivity index (χ0n) is 13.8. The maximum atomic E-state index is 12.2. The highest BCUT2D eigenvalue weighted by Crippen LogP contribution is 2.27. The number of anilines is 1. The molecule has 126 valence electrons. The van der Waals surface area contributed by atoms with Gasteiger partial charge in [0.1, 0.15) is 18.1 Å². The van der Waals surface area contributed by atoms with Crippen LogP contribution in [0.4, 0.5) is 5.69 Å². The summed E-state index contributed by atoms with van der Waals surface area (Å²) < 4.78 is 12.2. The minimum Gasteiger partial charge on any atom is -0.487 e. The van der Waals surface area contributed by atoms with E-state index in [0.29, 0.717) is 18.0 Å². The highest BCUT2D eigenvalue weighted by Gasteiger charge is 2.11. The molecule has 0 saturated heterocycles. The molecule has 0 saturated carbocycles. The Morgan fingerprint density at radius 1 is 1.21 bits per heavy atom. The number of benzene rings is 2. The van der Waals surface area contributed by atoms with E-state index in [4.69, 9.17) is 9.47 Å². The summed E-state index contributed by atoms with van der Waals surface area (Å²) in [6.07, 6.45) is 1.65. The zero-order chi connectivity index (χ0) is 17.5. The Morgan fingerprint density at radius 2 is 1.88 bits per heavy atom. The van der Waals surface area contributed by atoms with E-state index in [0.717, 1.165) is 21.3 Å². The molecule has 0 aromatic heterocycles. The van der Waals surface area contributed by atoms with E-state index in [1.54, 1.807) is 18.2 Å². The molecule has 0 aliphatic carbocycles. The summed E-state index contributed by atoms with van der Waals surface area (Å²) in [5.41, 5.74) is 2.56. The summed E-state index contributed by atoms with van der Waals surface area (Å²) in [7, 11) is 0. The number of carbonyl (C=O) groups is 1. The SMILES string of the molecule is C=CCOc1ccccc1NC(=O)COc1c(C)cc(Br)cc1C. The number of nitrogens with one attached hydrogen (secondary N) is 1. The van der Waals surface area contributed by atoms with Crippen LogP contribution in [0.5, 0.6) is 11.5 Å². The van der Waals surface area contributed by atoms with Crippen molar-refractivity contribution in [2.24, 2.45) is 0 Å². The molecule has 5 heteroatoms. The zero-order valence-corrected chi connectivity index (χ0v) is 15.4. The number of hydrogen-bond donors (Lipinski definition) is 1. The van der Waals surface area contributed by atoms with Gasteiger partial charge >= 0.3 is 0 Å². The van der Waals surface area contributed by atoms with Crippen LogP contribution in [-0.2, 0) is 4.79 Å². The summed E-state index contributed by atoms with van der Waals surface area (Å²) >= 11 is 3.44. The van der Waals surface area contributed by atoms with E-state index in [1.165, 1.54) is 0 Å². The third-order valence-electron chi connectivity index (χ3n) is 3.29. The molecule has 1 N–H and O–H groups in total. The largest absolute Gasteiger partial charge is 0.487 e. The molecule has 2 aromatic rings. The van der Waals surface area contributed by atoms with Crippen molar-refractivity contribution >= 4 is 27.5 Å². The number of amides is 1. The number of aryl methyl sites for hydroxylation is 2. The van der Waals surface area contributed by atoms with E-state index < -0.39 is 0 Å². The van der Waals surface area contributed by atoms with E-state index in [1.807, 2.05) is 38.1 Å². The van der Waals surface area contributed by atoms with Crippen LogP contribution in [0.1, 0.15) is 11.1 Å². The lowest BCUT2D eigenvalue weighted by Crippen LogP contribution is -2.21.